The topological polar surface area (TPSA) is 79.2 Å². The number of rotatable bonds is 5. The number of para-hydroxylation sites is 1. The Bertz CT molecular complexity index is 966. The number of benzene rings is 2. The highest BCUT2D eigenvalue weighted by Crippen LogP contribution is 2.49. The fourth-order valence-electron chi connectivity index (χ4n) is 4.13. The van der Waals surface area contributed by atoms with E-state index in [0.717, 1.165) is 42.0 Å². The molecule has 0 saturated heterocycles. The van der Waals surface area contributed by atoms with Crippen LogP contribution in [0.2, 0.25) is 0 Å². The van der Waals surface area contributed by atoms with Gasteiger partial charge in [-0.05, 0) is 43.5 Å². The number of nitrogens with two attached hydrogens (primary N) is 1. The number of hydrogen-bond acceptors (Lipinski definition) is 5. The zero-order valence-corrected chi connectivity index (χ0v) is 17.7. The summed E-state index contributed by atoms with van der Waals surface area (Å²) in [6.45, 7) is 1.20. The largest absolute Gasteiger partial charge is 0.416 e. The van der Waals surface area contributed by atoms with Crippen molar-refractivity contribution in [1.82, 2.24) is 5.32 Å². The van der Waals surface area contributed by atoms with Crippen LogP contribution in [0.5, 0.6) is 0 Å². The van der Waals surface area contributed by atoms with Crippen molar-refractivity contribution in [2.75, 3.05) is 23.7 Å². The van der Waals surface area contributed by atoms with Gasteiger partial charge in [-0.25, -0.2) is 0 Å². The van der Waals surface area contributed by atoms with Gasteiger partial charge in [0.1, 0.15) is 0 Å². The smallest absolute Gasteiger partial charge is 0.352 e. The van der Waals surface area contributed by atoms with E-state index in [1.165, 1.54) is 11.8 Å². The SMILES string of the molecule is NCCNC1CCCC(C(=O)Nc2cc(C(F)(F)F)cc3c2Nc2ccccc2S3)C1. The monoisotopic (exact) mass is 450 g/mol. The molecule has 0 spiro atoms. The van der Waals surface area contributed by atoms with Crippen LogP contribution in [-0.4, -0.2) is 25.0 Å². The lowest BCUT2D eigenvalue weighted by Gasteiger charge is -2.30. The molecule has 1 fully saturated rings. The minimum Gasteiger partial charge on any atom is -0.352 e. The molecule has 9 heteroatoms. The number of fused-ring (bicyclic) bond motifs is 2. The Morgan fingerprint density at radius 2 is 2.00 bits per heavy atom. The minimum absolute atomic E-state index is 0.161. The molecular weight excluding hydrogens is 425 g/mol. The molecule has 5 nitrogen and oxygen atoms in total. The quantitative estimate of drug-likeness (QED) is 0.442. The maximum absolute atomic E-state index is 13.5. The molecule has 2 aromatic carbocycles. The van der Waals surface area contributed by atoms with Crippen molar-refractivity contribution in [2.45, 2.75) is 47.7 Å². The van der Waals surface area contributed by atoms with Crippen molar-refractivity contribution in [3.8, 4) is 0 Å². The molecule has 1 amide bonds. The van der Waals surface area contributed by atoms with E-state index in [-0.39, 0.29) is 23.6 Å². The van der Waals surface area contributed by atoms with E-state index in [9.17, 15) is 18.0 Å². The van der Waals surface area contributed by atoms with Crippen LogP contribution in [0.15, 0.2) is 46.2 Å². The molecule has 166 valence electrons. The molecule has 2 unspecified atom stereocenters. The van der Waals surface area contributed by atoms with Crippen molar-refractivity contribution in [2.24, 2.45) is 11.7 Å². The number of carbonyl (C=O) groups excluding carboxylic acids is 1. The normalized spacial score (nSPS) is 20.4. The second kappa shape index (κ2) is 9.10. The van der Waals surface area contributed by atoms with Gasteiger partial charge in [0, 0.05) is 34.8 Å². The van der Waals surface area contributed by atoms with Crippen LogP contribution in [0.1, 0.15) is 31.2 Å². The van der Waals surface area contributed by atoms with Gasteiger partial charge in [-0.1, -0.05) is 30.3 Å². The number of alkyl halides is 3. The van der Waals surface area contributed by atoms with E-state index in [4.69, 9.17) is 5.73 Å². The summed E-state index contributed by atoms with van der Waals surface area (Å²) in [5.74, 6) is -0.496. The van der Waals surface area contributed by atoms with E-state index in [1.54, 1.807) is 0 Å². The van der Waals surface area contributed by atoms with Gasteiger partial charge >= 0.3 is 6.18 Å². The van der Waals surface area contributed by atoms with Crippen LogP contribution in [-0.2, 0) is 11.0 Å². The molecule has 2 aliphatic rings. The molecule has 2 aromatic rings. The summed E-state index contributed by atoms with van der Waals surface area (Å²) >= 11 is 1.26. The van der Waals surface area contributed by atoms with Gasteiger partial charge < -0.3 is 21.7 Å². The van der Waals surface area contributed by atoms with Crippen molar-refractivity contribution >= 4 is 34.7 Å². The average molecular weight is 451 g/mol. The molecule has 0 radical (unpaired) electrons. The molecule has 5 N–H and O–H groups in total. The van der Waals surface area contributed by atoms with Gasteiger partial charge in [0.15, 0.2) is 0 Å². The van der Waals surface area contributed by atoms with Crippen LogP contribution in [0.3, 0.4) is 0 Å². The number of amides is 1. The first-order valence-electron chi connectivity index (χ1n) is 10.4. The Balaban J connectivity index is 1.59. The Hall–Kier alpha value is -2.23. The van der Waals surface area contributed by atoms with E-state index in [2.05, 4.69) is 16.0 Å². The standard InChI is InChI=1S/C22H25F3N4OS/c23-22(24,25)14-11-17(20-19(12-14)31-18-7-2-1-6-16(18)28-20)29-21(30)13-4-3-5-15(10-13)27-9-8-26/h1-2,6-7,11-13,15,27-28H,3-5,8-10,26H2,(H,29,30). The van der Waals surface area contributed by atoms with E-state index < -0.39 is 11.7 Å². The molecule has 4 rings (SSSR count). The van der Waals surface area contributed by atoms with Crippen LogP contribution in [0.4, 0.5) is 30.2 Å². The fraction of sp³-hybridized carbons (Fsp3) is 0.409. The first kappa shape index (κ1) is 22.0. The molecule has 1 saturated carbocycles. The van der Waals surface area contributed by atoms with E-state index >= 15 is 0 Å². The Morgan fingerprint density at radius 3 is 2.77 bits per heavy atom. The number of carbonyl (C=O) groups is 1. The lowest BCUT2D eigenvalue weighted by Crippen LogP contribution is -2.40. The Morgan fingerprint density at radius 1 is 1.19 bits per heavy atom. The van der Waals surface area contributed by atoms with Gasteiger partial charge in [0.05, 0.1) is 22.6 Å². The summed E-state index contributed by atoms with van der Waals surface area (Å²) in [4.78, 5) is 14.3. The lowest BCUT2D eigenvalue weighted by molar-refractivity contribution is -0.137. The molecule has 1 aliphatic carbocycles. The highest BCUT2D eigenvalue weighted by atomic mass is 32.2. The van der Waals surface area contributed by atoms with Crippen LogP contribution in [0, 0.1) is 5.92 Å². The Kier molecular flexibility index (Phi) is 6.45. The van der Waals surface area contributed by atoms with Gasteiger partial charge in [0.25, 0.3) is 0 Å². The molecule has 2 atom stereocenters. The fourth-order valence-corrected chi connectivity index (χ4v) is 5.20. The van der Waals surface area contributed by atoms with Gasteiger partial charge in [-0.3, -0.25) is 4.79 Å². The third-order valence-electron chi connectivity index (χ3n) is 5.68. The van der Waals surface area contributed by atoms with Crippen molar-refractivity contribution in [1.29, 1.82) is 0 Å². The Labute approximate surface area is 183 Å². The molecule has 0 bridgehead atoms. The summed E-state index contributed by atoms with van der Waals surface area (Å²) in [5.41, 5.74) is 6.24. The van der Waals surface area contributed by atoms with Crippen molar-refractivity contribution < 1.29 is 18.0 Å². The number of halogens is 3. The zero-order valence-electron chi connectivity index (χ0n) is 16.9. The van der Waals surface area contributed by atoms with Gasteiger partial charge in [-0.15, -0.1) is 0 Å². The van der Waals surface area contributed by atoms with Crippen molar-refractivity contribution in [3.63, 3.8) is 0 Å². The minimum atomic E-state index is -4.51. The van der Waals surface area contributed by atoms with Gasteiger partial charge in [-0.2, -0.15) is 13.2 Å². The first-order chi connectivity index (χ1) is 14.8. The molecule has 31 heavy (non-hydrogen) atoms. The summed E-state index contributed by atoms with van der Waals surface area (Å²) < 4.78 is 40.6. The second-order valence-electron chi connectivity index (χ2n) is 7.91. The maximum atomic E-state index is 13.5. The molecule has 1 heterocycles. The summed E-state index contributed by atoms with van der Waals surface area (Å²) in [5, 5.41) is 9.34. The van der Waals surface area contributed by atoms with Crippen LogP contribution in [0.25, 0.3) is 0 Å². The summed E-state index contributed by atoms with van der Waals surface area (Å²) in [6, 6.07) is 9.76. The predicted molar refractivity (Wildman–Crippen MR) is 117 cm³/mol. The summed E-state index contributed by atoms with van der Waals surface area (Å²) in [6.07, 6.45) is -1.27. The number of anilines is 3. The predicted octanol–water partition coefficient (Wildman–Crippen LogP) is 4.96. The van der Waals surface area contributed by atoms with E-state index in [1.807, 2.05) is 24.3 Å². The number of hydrogen-bond donors (Lipinski definition) is 4. The molecule has 0 aromatic heterocycles. The van der Waals surface area contributed by atoms with Crippen LogP contribution >= 0.6 is 11.8 Å². The van der Waals surface area contributed by atoms with Crippen LogP contribution < -0.4 is 21.7 Å². The first-order valence-corrected chi connectivity index (χ1v) is 11.2. The van der Waals surface area contributed by atoms with Crippen molar-refractivity contribution in [3.05, 3.63) is 42.0 Å². The third-order valence-corrected chi connectivity index (χ3v) is 6.79. The lowest BCUT2D eigenvalue weighted by atomic mass is 9.85. The highest BCUT2D eigenvalue weighted by Gasteiger charge is 2.34. The molecule has 1 aliphatic heterocycles. The molecular formula is C22H25F3N4OS. The maximum Gasteiger partial charge on any atom is 0.416 e. The van der Waals surface area contributed by atoms with Gasteiger partial charge in [0.2, 0.25) is 5.91 Å². The highest BCUT2D eigenvalue weighted by molar-refractivity contribution is 7.99. The summed E-state index contributed by atoms with van der Waals surface area (Å²) in [7, 11) is 0. The zero-order chi connectivity index (χ0) is 22.0. The average Bonchev–Trinajstić information content (AvgIpc) is 2.75. The number of nitrogens with one attached hydrogen (secondary N) is 3. The van der Waals surface area contributed by atoms with E-state index in [0.29, 0.717) is 30.1 Å². The third kappa shape index (κ3) is 4.99. The second-order valence-corrected chi connectivity index (χ2v) is 8.99.